The molecule has 2 N–H and O–H groups in total. The van der Waals surface area contributed by atoms with E-state index in [2.05, 4.69) is 45.5 Å². The van der Waals surface area contributed by atoms with Crippen molar-refractivity contribution in [3.05, 3.63) is 160 Å². The zero-order valence-electron chi connectivity index (χ0n) is 25.3. The van der Waals surface area contributed by atoms with Crippen LogP contribution in [0.2, 0.25) is 0 Å². The highest BCUT2D eigenvalue weighted by atomic mass is 79.9. The quantitative estimate of drug-likeness (QED) is 0.133. The Morgan fingerprint density at radius 1 is 0.783 bits per heavy atom. The number of amides is 1. The third-order valence-electron chi connectivity index (χ3n) is 8.03. The number of nitrogens with zero attached hydrogens (tertiary/aromatic N) is 1. The summed E-state index contributed by atoms with van der Waals surface area (Å²) in [5.41, 5.74) is 4.46. The predicted octanol–water partition coefficient (Wildman–Crippen LogP) is 7.69. The van der Waals surface area contributed by atoms with E-state index >= 15 is 0 Å². The first-order valence-corrected chi connectivity index (χ1v) is 16.2. The Morgan fingerprint density at radius 2 is 1.41 bits per heavy atom. The molecule has 5 aromatic carbocycles. The number of nitrogens with one attached hydrogen (secondary N) is 1. The van der Waals surface area contributed by atoms with Crippen molar-refractivity contribution < 1.29 is 19.4 Å². The molecule has 0 saturated carbocycles. The van der Waals surface area contributed by atoms with Crippen LogP contribution in [0.25, 0.3) is 11.1 Å². The van der Waals surface area contributed by atoms with Gasteiger partial charge in [-0.3, -0.25) is 4.79 Å². The first-order chi connectivity index (χ1) is 22.5. The molecule has 0 aliphatic carbocycles. The minimum absolute atomic E-state index is 0.0727. The van der Waals surface area contributed by atoms with Crippen LogP contribution in [0.3, 0.4) is 0 Å². The molecule has 0 fully saturated rings. The van der Waals surface area contributed by atoms with E-state index in [1.807, 2.05) is 109 Å². The van der Waals surface area contributed by atoms with E-state index in [1.54, 1.807) is 0 Å². The van der Waals surface area contributed by atoms with E-state index in [0.717, 1.165) is 37.9 Å². The first-order valence-electron chi connectivity index (χ1n) is 15.4. The standard InChI is InChI=1S/C39H35BrN2O4/c40-34-20-12-28(13-21-34)26-39(38(44)41-27-29-8-3-1-4-9-29)36(32-16-14-31(15-17-32)30-10-5-2-6-11-30)46-37(42-39)33-18-22-35(23-19-33)45-25-7-24-43/h1-6,8-23,36,43H,7,24-27H2,(H,41,44)/t36-,39-/m1/s1. The lowest BCUT2D eigenvalue weighted by molar-refractivity contribution is -0.129. The van der Waals surface area contributed by atoms with E-state index in [0.29, 0.717) is 37.6 Å². The van der Waals surface area contributed by atoms with Crippen molar-refractivity contribution in [2.24, 2.45) is 4.99 Å². The molecule has 0 unspecified atom stereocenters. The third kappa shape index (κ3) is 7.22. The number of carbonyl (C=O) groups is 1. The van der Waals surface area contributed by atoms with Crippen molar-refractivity contribution in [1.29, 1.82) is 0 Å². The summed E-state index contributed by atoms with van der Waals surface area (Å²) in [6.07, 6.45) is 0.198. The Morgan fingerprint density at radius 3 is 2.09 bits per heavy atom. The number of ether oxygens (including phenoxy) is 2. The van der Waals surface area contributed by atoms with Crippen LogP contribution in [0.5, 0.6) is 5.75 Å². The molecule has 7 heteroatoms. The Labute approximate surface area is 277 Å². The number of hydrogen-bond acceptors (Lipinski definition) is 5. The number of aliphatic imine (C=N–C) groups is 1. The molecule has 0 saturated heterocycles. The molecule has 1 aliphatic heterocycles. The van der Waals surface area contributed by atoms with Gasteiger partial charge in [0.15, 0.2) is 11.6 Å². The van der Waals surface area contributed by atoms with Gasteiger partial charge in [-0.2, -0.15) is 0 Å². The summed E-state index contributed by atoms with van der Waals surface area (Å²) in [5, 5.41) is 12.3. The Balaban J connectivity index is 1.40. The van der Waals surface area contributed by atoms with Gasteiger partial charge in [0, 0.05) is 36.0 Å². The number of rotatable bonds is 12. The highest BCUT2D eigenvalue weighted by Gasteiger charge is 2.53. The summed E-state index contributed by atoms with van der Waals surface area (Å²) in [4.78, 5) is 19.7. The van der Waals surface area contributed by atoms with Crippen LogP contribution in [0.15, 0.2) is 143 Å². The van der Waals surface area contributed by atoms with Crippen LogP contribution in [0.1, 0.15) is 34.8 Å². The van der Waals surface area contributed by atoms with E-state index < -0.39 is 11.6 Å². The van der Waals surface area contributed by atoms with Gasteiger partial charge in [0.05, 0.1) is 6.61 Å². The van der Waals surface area contributed by atoms with Gasteiger partial charge in [-0.15, -0.1) is 0 Å². The van der Waals surface area contributed by atoms with Gasteiger partial charge >= 0.3 is 0 Å². The summed E-state index contributed by atoms with van der Waals surface area (Å²) in [6, 6.07) is 43.7. The van der Waals surface area contributed by atoms with Crippen LogP contribution in [-0.4, -0.2) is 35.7 Å². The summed E-state index contributed by atoms with van der Waals surface area (Å²) in [5.74, 6) is 0.868. The van der Waals surface area contributed by atoms with E-state index in [9.17, 15) is 4.79 Å². The number of aliphatic hydroxyl groups excluding tert-OH is 1. The molecule has 2 atom stereocenters. The van der Waals surface area contributed by atoms with Crippen molar-refractivity contribution in [2.45, 2.75) is 31.0 Å². The molecular formula is C39H35BrN2O4. The van der Waals surface area contributed by atoms with Crippen molar-refractivity contribution >= 4 is 27.7 Å². The largest absolute Gasteiger partial charge is 0.494 e. The molecule has 6 nitrogen and oxygen atoms in total. The Kier molecular flexibility index (Phi) is 9.91. The van der Waals surface area contributed by atoms with Crippen molar-refractivity contribution in [2.75, 3.05) is 13.2 Å². The zero-order chi connectivity index (χ0) is 31.8. The van der Waals surface area contributed by atoms with Gasteiger partial charge in [-0.05, 0) is 64.2 Å². The SMILES string of the molecule is O=C(NCc1ccccc1)[C@]1(Cc2ccc(Br)cc2)N=C(c2ccc(OCCCO)cc2)O[C@@H]1c1ccc(-c2ccccc2)cc1. The van der Waals surface area contributed by atoms with Crippen LogP contribution in [-0.2, 0) is 22.5 Å². The van der Waals surface area contributed by atoms with E-state index in [-0.39, 0.29) is 12.5 Å². The zero-order valence-corrected chi connectivity index (χ0v) is 26.9. The summed E-state index contributed by atoms with van der Waals surface area (Å²) in [7, 11) is 0. The fraction of sp³-hybridized carbons (Fsp3) is 0.179. The van der Waals surface area contributed by atoms with Gasteiger partial charge in [0.25, 0.3) is 5.91 Å². The van der Waals surface area contributed by atoms with Gasteiger partial charge in [-0.25, -0.2) is 4.99 Å². The highest BCUT2D eigenvalue weighted by Crippen LogP contribution is 2.43. The Hall–Kier alpha value is -4.72. The van der Waals surface area contributed by atoms with Gasteiger partial charge < -0.3 is 19.9 Å². The maximum atomic E-state index is 14.5. The molecule has 6 rings (SSSR count). The number of halogens is 1. The van der Waals surface area contributed by atoms with E-state index in [1.165, 1.54) is 0 Å². The average molecular weight is 676 g/mol. The molecule has 0 spiro atoms. The number of carbonyl (C=O) groups excluding carboxylic acids is 1. The highest BCUT2D eigenvalue weighted by molar-refractivity contribution is 9.10. The second-order valence-corrected chi connectivity index (χ2v) is 12.2. The monoisotopic (exact) mass is 674 g/mol. The normalized spacial score (nSPS) is 17.2. The number of hydrogen-bond donors (Lipinski definition) is 2. The molecule has 232 valence electrons. The third-order valence-corrected chi connectivity index (χ3v) is 8.56. The lowest BCUT2D eigenvalue weighted by Crippen LogP contribution is -2.49. The lowest BCUT2D eigenvalue weighted by atomic mass is 9.81. The molecule has 1 aliphatic rings. The van der Waals surface area contributed by atoms with Gasteiger partial charge in [0.2, 0.25) is 5.90 Å². The minimum atomic E-state index is -1.29. The van der Waals surface area contributed by atoms with E-state index in [4.69, 9.17) is 19.6 Å². The lowest BCUT2D eigenvalue weighted by Gasteiger charge is -2.31. The maximum absolute atomic E-state index is 14.5. The van der Waals surface area contributed by atoms with Crippen molar-refractivity contribution in [3.63, 3.8) is 0 Å². The molecule has 1 heterocycles. The molecule has 46 heavy (non-hydrogen) atoms. The maximum Gasteiger partial charge on any atom is 0.252 e. The fourth-order valence-corrected chi connectivity index (χ4v) is 5.87. The predicted molar refractivity (Wildman–Crippen MR) is 185 cm³/mol. The van der Waals surface area contributed by atoms with Crippen LogP contribution in [0.4, 0.5) is 0 Å². The molecule has 0 aromatic heterocycles. The van der Waals surface area contributed by atoms with Crippen LogP contribution >= 0.6 is 15.9 Å². The Bertz CT molecular complexity index is 1760. The minimum Gasteiger partial charge on any atom is -0.494 e. The molecule has 0 bridgehead atoms. The van der Waals surface area contributed by atoms with Gasteiger partial charge in [-0.1, -0.05) is 113 Å². The van der Waals surface area contributed by atoms with Crippen LogP contribution < -0.4 is 10.1 Å². The first kappa shape index (κ1) is 31.3. The fourth-order valence-electron chi connectivity index (χ4n) is 5.61. The smallest absolute Gasteiger partial charge is 0.252 e. The molecule has 1 amide bonds. The number of benzene rings is 5. The molecular weight excluding hydrogens is 640 g/mol. The topological polar surface area (TPSA) is 80.2 Å². The van der Waals surface area contributed by atoms with Gasteiger partial charge in [0.1, 0.15) is 5.75 Å². The van der Waals surface area contributed by atoms with Crippen molar-refractivity contribution in [1.82, 2.24) is 5.32 Å². The summed E-state index contributed by atoms with van der Waals surface area (Å²) in [6.45, 7) is 0.863. The number of aliphatic hydroxyl groups is 1. The van der Waals surface area contributed by atoms with Crippen LogP contribution in [0, 0.1) is 0 Å². The second-order valence-electron chi connectivity index (χ2n) is 11.2. The van der Waals surface area contributed by atoms with Crippen molar-refractivity contribution in [3.8, 4) is 16.9 Å². The summed E-state index contributed by atoms with van der Waals surface area (Å²) < 4.78 is 13.4. The molecule has 0 radical (unpaired) electrons. The summed E-state index contributed by atoms with van der Waals surface area (Å²) >= 11 is 3.54. The average Bonchev–Trinajstić information content (AvgIpc) is 3.50. The second kappa shape index (κ2) is 14.6. The molecule has 5 aromatic rings.